The number of hydrogen-bond acceptors (Lipinski definition) is 4. The lowest BCUT2D eigenvalue weighted by atomic mass is 10.2. The molecule has 0 aliphatic carbocycles. The van der Waals surface area contributed by atoms with E-state index in [0.29, 0.717) is 4.90 Å². The summed E-state index contributed by atoms with van der Waals surface area (Å²) in [7, 11) is 0. The standard InChI is InChI=1S/C17H12Cl2F3N3O3/c18-10-4-12-15(13(19)5-10)23-9-25(16(12)27)7-14(26)24(8-17(20,21)22)6-11-2-1-3-28-11/h1-5,9H,6-8H2. The van der Waals surface area contributed by atoms with E-state index >= 15 is 0 Å². The van der Waals surface area contributed by atoms with Gasteiger partial charge in [0.15, 0.2) is 0 Å². The molecule has 11 heteroatoms. The molecular formula is C17H12Cl2F3N3O3. The molecule has 3 rings (SSSR count). The van der Waals surface area contributed by atoms with Gasteiger partial charge in [-0.15, -0.1) is 0 Å². The van der Waals surface area contributed by atoms with Crippen molar-refractivity contribution in [1.29, 1.82) is 0 Å². The number of fused-ring (bicyclic) bond motifs is 1. The summed E-state index contributed by atoms with van der Waals surface area (Å²) in [4.78, 5) is 29.6. The van der Waals surface area contributed by atoms with Crippen molar-refractivity contribution in [2.45, 2.75) is 19.3 Å². The third-order valence-corrected chi connectivity index (χ3v) is 4.31. The van der Waals surface area contributed by atoms with Crippen molar-refractivity contribution in [2.75, 3.05) is 6.54 Å². The number of rotatable bonds is 5. The van der Waals surface area contributed by atoms with Crippen LogP contribution in [0.1, 0.15) is 5.76 Å². The van der Waals surface area contributed by atoms with Gasteiger partial charge in [-0.25, -0.2) is 4.98 Å². The van der Waals surface area contributed by atoms with Gasteiger partial charge >= 0.3 is 6.18 Å². The Hall–Kier alpha value is -2.52. The average molecular weight is 434 g/mol. The maximum absolute atomic E-state index is 12.9. The van der Waals surface area contributed by atoms with Gasteiger partial charge in [0.25, 0.3) is 5.56 Å². The van der Waals surface area contributed by atoms with Gasteiger partial charge < -0.3 is 9.32 Å². The lowest BCUT2D eigenvalue weighted by molar-refractivity contribution is -0.163. The van der Waals surface area contributed by atoms with Crippen molar-refractivity contribution in [3.05, 3.63) is 63.0 Å². The van der Waals surface area contributed by atoms with E-state index in [1.165, 1.54) is 30.5 Å². The fourth-order valence-corrected chi connectivity index (χ4v) is 3.13. The van der Waals surface area contributed by atoms with Crippen LogP contribution < -0.4 is 5.56 Å². The SMILES string of the molecule is O=C(Cn1cnc2c(Cl)cc(Cl)cc2c1=O)N(Cc1ccco1)CC(F)(F)F. The molecule has 0 atom stereocenters. The lowest BCUT2D eigenvalue weighted by Gasteiger charge is -2.23. The summed E-state index contributed by atoms with van der Waals surface area (Å²) in [6.07, 6.45) is -2.27. The van der Waals surface area contributed by atoms with Gasteiger partial charge in [-0.2, -0.15) is 13.2 Å². The molecule has 1 aromatic carbocycles. The Kier molecular flexibility index (Phi) is 5.66. The fraction of sp³-hybridized carbons (Fsp3) is 0.235. The topological polar surface area (TPSA) is 68.3 Å². The number of hydrogen-bond donors (Lipinski definition) is 0. The van der Waals surface area contributed by atoms with E-state index in [2.05, 4.69) is 4.98 Å². The van der Waals surface area contributed by atoms with Crippen LogP contribution in [0, 0.1) is 0 Å². The molecule has 0 radical (unpaired) electrons. The molecule has 0 N–H and O–H groups in total. The van der Waals surface area contributed by atoms with Crippen molar-refractivity contribution in [3.8, 4) is 0 Å². The van der Waals surface area contributed by atoms with Crippen molar-refractivity contribution in [3.63, 3.8) is 0 Å². The van der Waals surface area contributed by atoms with Crippen LogP contribution in [0.3, 0.4) is 0 Å². The number of nitrogens with zero attached hydrogens (tertiary/aromatic N) is 3. The van der Waals surface area contributed by atoms with Crippen molar-refractivity contribution in [2.24, 2.45) is 0 Å². The minimum Gasteiger partial charge on any atom is -0.467 e. The number of amides is 1. The predicted octanol–water partition coefficient (Wildman–Crippen LogP) is 3.89. The highest BCUT2D eigenvalue weighted by Crippen LogP contribution is 2.24. The number of halogens is 5. The molecule has 0 unspecified atom stereocenters. The summed E-state index contributed by atoms with van der Waals surface area (Å²) in [6.45, 7) is -2.51. The van der Waals surface area contributed by atoms with Gasteiger partial charge in [-0.1, -0.05) is 23.2 Å². The summed E-state index contributed by atoms with van der Waals surface area (Å²) in [6, 6.07) is 5.68. The van der Waals surface area contributed by atoms with Crippen LogP contribution in [0.15, 0.2) is 46.1 Å². The zero-order chi connectivity index (χ0) is 20.5. The zero-order valence-corrected chi connectivity index (χ0v) is 15.6. The first kappa shape index (κ1) is 20.2. The predicted molar refractivity (Wildman–Crippen MR) is 96.2 cm³/mol. The summed E-state index contributed by atoms with van der Waals surface area (Å²) in [5.41, 5.74) is -0.463. The molecule has 0 aliphatic heterocycles. The Labute approximate surface area is 166 Å². The normalized spacial score (nSPS) is 11.8. The first-order valence-corrected chi connectivity index (χ1v) is 8.61. The number of carbonyl (C=O) groups is 1. The molecule has 3 aromatic rings. The number of carbonyl (C=O) groups excluding carboxylic acids is 1. The summed E-state index contributed by atoms with van der Waals surface area (Å²) in [5, 5.41) is 0.396. The molecule has 2 aromatic heterocycles. The first-order valence-electron chi connectivity index (χ1n) is 7.85. The monoisotopic (exact) mass is 433 g/mol. The fourth-order valence-electron chi connectivity index (χ4n) is 2.59. The summed E-state index contributed by atoms with van der Waals surface area (Å²) >= 11 is 11.9. The minimum atomic E-state index is -4.62. The molecule has 0 fully saturated rings. The largest absolute Gasteiger partial charge is 0.467 e. The lowest BCUT2D eigenvalue weighted by Crippen LogP contribution is -2.41. The number of alkyl halides is 3. The van der Waals surface area contributed by atoms with Gasteiger partial charge in [0, 0.05) is 5.02 Å². The maximum Gasteiger partial charge on any atom is 0.406 e. The van der Waals surface area contributed by atoms with E-state index in [1.807, 2.05) is 0 Å². The van der Waals surface area contributed by atoms with Crippen molar-refractivity contribution in [1.82, 2.24) is 14.5 Å². The van der Waals surface area contributed by atoms with Crippen LogP contribution in [0.5, 0.6) is 0 Å². The van der Waals surface area contributed by atoms with Gasteiger partial charge in [0.1, 0.15) is 18.8 Å². The van der Waals surface area contributed by atoms with Gasteiger partial charge in [-0.05, 0) is 24.3 Å². The molecule has 28 heavy (non-hydrogen) atoms. The number of benzene rings is 1. The Morgan fingerprint density at radius 3 is 2.68 bits per heavy atom. The number of aromatic nitrogens is 2. The smallest absolute Gasteiger partial charge is 0.406 e. The average Bonchev–Trinajstić information content (AvgIpc) is 3.09. The molecule has 6 nitrogen and oxygen atoms in total. The van der Waals surface area contributed by atoms with E-state index in [-0.39, 0.29) is 26.7 Å². The van der Waals surface area contributed by atoms with Crippen LogP contribution in [-0.4, -0.2) is 33.1 Å². The third kappa shape index (κ3) is 4.66. The van der Waals surface area contributed by atoms with Crippen molar-refractivity contribution >= 4 is 40.0 Å². The van der Waals surface area contributed by atoms with E-state index in [0.717, 1.165) is 10.9 Å². The molecule has 0 spiro atoms. The van der Waals surface area contributed by atoms with Crippen LogP contribution in [0.2, 0.25) is 10.0 Å². The zero-order valence-electron chi connectivity index (χ0n) is 14.0. The van der Waals surface area contributed by atoms with Gasteiger partial charge in [0.05, 0.1) is 35.1 Å². The van der Waals surface area contributed by atoms with Crippen LogP contribution in [-0.2, 0) is 17.9 Å². The molecule has 148 valence electrons. The van der Waals surface area contributed by atoms with Crippen molar-refractivity contribution < 1.29 is 22.4 Å². The highest BCUT2D eigenvalue weighted by Gasteiger charge is 2.33. The molecular weight excluding hydrogens is 422 g/mol. The Bertz CT molecular complexity index is 1070. The Morgan fingerprint density at radius 1 is 1.29 bits per heavy atom. The highest BCUT2D eigenvalue weighted by molar-refractivity contribution is 6.38. The molecule has 0 aliphatic rings. The second-order valence-electron chi connectivity index (χ2n) is 5.91. The van der Waals surface area contributed by atoms with Crippen LogP contribution in [0.4, 0.5) is 13.2 Å². The second-order valence-corrected chi connectivity index (χ2v) is 6.75. The quantitative estimate of drug-likeness (QED) is 0.611. The molecule has 0 saturated heterocycles. The van der Waals surface area contributed by atoms with Crippen LogP contribution in [0.25, 0.3) is 10.9 Å². The Morgan fingerprint density at radius 2 is 2.04 bits per heavy atom. The molecule has 2 heterocycles. The number of furan rings is 1. The van der Waals surface area contributed by atoms with E-state index in [1.54, 1.807) is 0 Å². The first-order chi connectivity index (χ1) is 13.1. The third-order valence-electron chi connectivity index (χ3n) is 3.80. The Balaban J connectivity index is 1.90. The van der Waals surface area contributed by atoms with Gasteiger partial charge in [-0.3, -0.25) is 14.2 Å². The molecule has 0 saturated carbocycles. The van der Waals surface area contributed by atoms with Crippen LogP contribution >= 0.6 is 23.2 Å². The molecule has 1 amide bonds. The van der Waals surface area contributed by atoms with Gasteiger partial charge in [0.2, 0.25) is 5.91 Å². The second kappa shape index (κ2) is 7.84. The molecule has 0 bridgehead atoms. The highest BCUT2D eigenvalue weighted by atomic mass is 35.5. The summed E-state index contributed by atoms with van der Waals surface area (Å²) < 4.78 is 44.5. The van der Waals surface area contributed by atoms with E-state index < -0.39 is 37.3 Å². The summed E-state index contributed by atoms with van der Waals surface area (Å²) in [5.74, 6) is -0.745. The van der Waals surface area contributed by atoms with E-state index in [9.17, 15) is 22.8 Å². The minimum absolute atomic E-state index is 0.0567. The van der Waals surface area contributed by atoms with E-state index in [4.69, 9.17) is 27.6 Å². The maximum atomic E-state index is 12.9.